The molecule has 0 saturated heterocycles. The first-order valence-electron chi connectivity index (χ1n) is 13.7. The van der Waals surface area contributed by atoms with E-state index in [9.17, 15) is 28.1 Å². The molecule has 2 atom stereocenters. The van der Waals surface area contributed by atoms with E-state index in [1.807, 2.05) is 12.1 Å². The van der Waals surface area contributed by atoms with Crippen molar-refractivity contribution in [3.05, 3.63) is 69.0 Å². The molecule has 1 amide bonds. The lowest BCUT2D eigenvalue weighted by molar-refractivity contribution is -0.385. The molecular formula is C30H34F3N5O5. The molecule has 0 bridgehead atoms. The number of anilines is 1. The predicted molar refractivity (Wildman–Crippen MR) is 156 cm³/mol. The monoisotopic (exact) mass is 601 g/mol. The number of nitrogens with one attached hydrogen (secondary N) is 1. The van der Waals surface area contributed by atoms with E-state index in [1.165, 1.54) is 0 Å². The number of likely N-dealkylation sites (N-methyl/N-ethyl adjacent to an activating group) is 1. The Morgan fingerprint density at radius 2 is 1.95 bits per heavy atom. The summed E-state index contributed by atoms with van der Waals surface area (Å²) in [5, 5.41) is 15.1. The van der Waals surface area contributed by atoms with E-state index in [-0.39, 0.29) is 17.4 Å². The largest absolute Gasteiger partial charge is 0.496 e. The number of amides is 1. The molecule has 230 valence electrons. The van der Waals surface area contributed by atoms with Gasteiger partial charge in [0.2, 0.25) is 5.91 Å². The number of allylic oxidation sites excluding steroid dienone is 2. The van der Waals surface area contributed by atoms with Crippen LogP contribution in [0.25, 0.3) is 16.5 Å². The molecule has 1 aromatic heterocycles. The number of fused-ring (bicyclic) bond motifs is 1. The third-order valence-corrected chi connectivity index (χ3v) is 7.57. The number of alkyl halides is 3. The third-order valence-electron chi connectivity index (χ3n) is 7.57. The number of nitro benzene ring substituents is 1. The molecule has 1 aliphatic carbocycles. The summed E-state index contributed by atoms with van der Waals surface area (Å²) in [6.07, 6.45) is -0.860. The lowest BCUT2D eigenvalue weighted by atomic mass is 9.85. The highest BCUT2D eigenvalue weighted by Gasteiger charge is 2.33. The van der Waals surface area contributed by atoms with Gasteiger partial charge in [0, 0.05) is 55.8 Å². The fourth-order valence-electron chi connectivity index (χ4n) is 5.20. The van der Waals surface area contributed by atoms with Gasteiger partial charge in [0.15, 0.2) is 0 Å². The van der Waals surface area contributed by atoms with Gasteiger partial charge in [-0.25, -0.2) is 9.97 Å². The van der Waals surface area contributed by atoms with Crippen molar-refractivity contribution in [1.29, 1.82) is 0 Å². The molecule has 0 spiro atoms. The maximum atomic E-state index is 13.5. The lowest BCUT2D eigenvalue weighted by Crippen LogP contribution is -2.35. The number of methoxy groups -OCH3 is 2. The van der Waals surface area contributed by atoms with Gasteiger partial charge >= 0.3 is 6.18 Å². The maximum Gasteiger partial charge on any atom is 0.416 e. The van der Waals surface area contributed by atoms with Crippen LogP contribution < -0.4 is 10.1 Å². The number of carbonyl (C=O) groups excluding carboxylic acids is 1. The molecule has 1 heterocycles. The highest BCUT2D eigenvalue weighted by Crippen LogP contribution is 2.40. The van der Waals surface area contributed by atoms with Crippen LogP contribution in [0.3, 0.4) is 0 Å². The van der Waals surface area contributed by atoms with Crippen LogP contribution in [0.2, 0.25) is 0 Å². The summed E-state index contributed by atoms with van der Waals surface area (Å²) >= 11 is 0. The van der Waals surface area contributed by atoms with Crippen molar-refractivity contribution in [3.63, 3.8) is 0 Å². The summed E-state index contributed by atoms with van der Waals surface area (Å²) in [7, 11) is 4.92. The zero-order valence-corrected chi connectivity index (χ0v) is 24.6. The maximum absolute atomic E-state index is 13.5. The Bertz CT molecular complexity index is 1560. The van der Waals surface area contributed by atoms with Crippen LogP contribution in [0.5, 0.6) is 5.75 Å². The molecule has 1 unspecified atom stereocenters. The molecule has 3 aromatic rings. The summed E-state index contributed by atoms with van der Waals surface area (Å²) < 4.78 is 51.3. The number of non-ortho nitro benzene ring substituents is 1. The number of hydrogen-bond donors (Lipinski definition) is 1. The summed E-state index contributed by atoms with van der Waals surface area (Å²) in [6.45, 7) is 4.28. The lowest BCUT2D eigenvalue weighted by Gasteiger charge is -2.27. The van der Waals surface area contributed by atoms with E-state index in [1.54, 1.807) is 46.1 Å². The Kier molecular flexibility index (Phi) is 9.53. The van der Waals surface area contributed by atoms with Crippen molar-refractivity contribution in [2.45, 2.75) is 45.3 Å². The minimum absolute atomic E-state index is 0.0667. The quantitative estimate of drug-likeness (QED) is 0.211. The van der Waals surface area contributed by atoms with E-state index in [0.29, 0.717) is 66.8 Å². The number of carbonyl (C=O) groups is 1. The number of aryl methyl sites for hydroxylation is 1. The Hall–Kier alpha value is -4.26. The van der Waals surface area contributed by atoms with Crippen LogP contribution in [0.15, 0.2) is 36.4 Å². The van der Waals surface area contributed by atoms with Gasteiger partial charge in [-0.05, 0) is 56.4 Å². The average Bonchev–Trinajstić information content (AvgIpc) is 2.98. The van der Waals surface area contributed by atoms with E-state index < -0.39 is 28.4 Å². The number of benzene rings is 2. The van der Waals surface area contributed by atoms with Crippen molar-refractivity contribution in [2.24, 2.45) is 5.92 Å². The summed E-state index contributed by atoms with van der Waals surface area (Å²) in [5.74, 6) is 1.30. The average molecular weight is 602 g/mol. The fourth-order valence-corrected chi connectivity index (χ4v) is 5.20. The van der Waals surface area contributed by atoms with Gasteiger partial charge in [0.1, 0.15) is 17.4 Å². The minimum Gasteiger partial charge on any atom is -0.496 e. The molecule has 1 N–H and O–H groups in total. The first-order valence-corrected chi connectivity index (χ1v) is 13.7. The van der Waals surface area contributed by atoms with E-state index >= 15 is 0 Å². The number of nitro groups is 1. The van der Waals surface area contributed by atoms with Gasteiger partial charge in [-0.2, -0.15) is 13.2 Å². The van der Waals surface area contributed by atoms with Crippen LogP contribution in [-0.2, 0) is 15.7 Å². The van der Waals surface area contributed by atoms with E-state index in [2.05, 4.69) is 15.3 Å². The molecule has 1 aliphatic rings. The van der Waals surface area contributed by atoms with Crippen molar-refractivity contribution in [1.82, 2.24) is 14.9 Å². The van der Waals surface area contributed by atoms with Crippen molar-refractivity contribution in [2.75, 3.05) is 39.7 Å². The SMILES string of the molecule is COCCN(C)C(=O)C1CC=C(c2cc3c(N[C@H](C)c4cc([N+](=O)[O-])cc(C(F)(F)F)c4)nc(C)nc3cc2OC)CC1. The summed E-state index contributed by atoms with van der Waals surface area (Å²) in [4.78, 5) is 34.1. The molecule has 0 aliphatic heterocycles. The van der Waals surface area contributed by atoms with Crippen molar-refractivity contribution < 1.29 is 32.4 Å². The number of hydrogen-bond acceptors (Lipinski definition) is 8. The smallest absolute Gasteiger partial charge is 0.416 e. The van der Waals surface area contributed by atoms with Gasteiger partial charge in [-0.15, -0.1) is 0 Å². The van der Waals surface area contributed by atoms with Crippen molar-refractivity contribution in [3.8, 4) is 5.75 Å². The standard InChI is InChI=1S/C30H34F3N5O5/c1-17(21-12-22(30(31,32)33)14-23(13-21)38(40)41)34-28-25-15-24(27(43-5)16-26(25)35-18(2)36-28)19-6-8-20(9-7-19)29(39)37(3)10-11-42-4/h6,12-17,20H,7-11H2,1-5H3,(H,34,35,36)/t17-,20?/m1/s1. The normalized spacial score (nSPS) is 16.0. The number of ether oxygens (including phenoxy) is 2. The first-order chi connectivity index (χ1) is 20.3. The summed E-state index contributed by atoms with van der Waals surface area (Å²) in [6, 6.07) is 5.42. The highest BCUT2D eigenvalue weighted by atomic mass is 19.4. The minimum atomic E-state index is -4.75. The zero-order chi connectivity index (χ0) is 31.5. The molecule has 13 heteroatoms. The molecule has 10 nitrogen and oxygen atoms in total. The van der Waals surface area contributed by atoms with Gasteiger partial charge in [-0.1, -0.05) is 6.08 Å². The topological polar surface area (TPSA) is 120 Å². The van der Waals surface area contributed by atoms with E-state index in [0.717, 1.165) is 23.3 Å². The first kappa shape index (κ1) is 31.7. The summed E-state index contributed by atoms with van der Waals surface area (Å²) in [5.41, 5.74) is 0.678. The number of nitrogens with zero attached hydrogens (tertiary/aromatic N) is 4. The van der Waals surface area contributed by atoms with Crippen LogP contribution >= 0.6 is 0 Å². The number of aromatic nitrogens is 2. The second-order valence-corrected chi connectivity index (χ2v) is 10.6. The molecule has 0 saturated carbocycles. The van der Waals surface area contributed by atoms with E-state index in [4.69, 9.17) is 9.47 Å². The number of halogens is 3. The van der Waals surface area contributed by atoms with Crippen LogP contribution in [0.4, 0.5) is 24.7 Å². The Labute approximate surface area is 247 Å². The van der Waals surface area contributed by atoms with Gasteiger partial charge < -0.3 is 19.7 Å². The zero-order valence-electron chi connectivity index (χ0n) is 24.6. The molecule has 2 aromatic carbocycles. The van der Waals surface area contributed by atoms with Gasteiger partial charge in [-0.3, -0.25) is 14.9 Å². The van der Waals surface area contributed by atoms with Gasteiger partial charge in [0.25, 0.3) is 5.69 Å². The van der Waals surface area contributed by atoms with Gasteiger partial charge in [0.05, 0.1) is 35.8 Å². The molecule has 43 heavy (non-hydrogen) atoms. The highest BCUT2D eigenvalue weighted by molar-refractivity contribution is 5.94. The number of rotatable bonds is 10. The van der Waals surface area contributed by atoms with Crippen LogP contribution in [0, 0.1) is 23.0 Å². The van der Waals surface area contributed by atoms with Crippen molar-refractivity contribution >= 4 is 33.9 Å². The Balaban J connectivity index is 1.68. The molecular weight excluding hydrogens is 567 g/mol. The molecule has 4 rings (SSSR count). The fraction of sp³-hybridized carbons (Fsp3) is 0.433. The van der Waals surface area contributed by atoms with Crippen LogP contribution in [0.1, 0.15) is 54.7 Å². The third kappa shape index (κ3) is 7.22. The second-order valence-electron chi connectivity index (χ2n) is 10.6. The molecule has 0 radical (unpaired) electrons. The molecule has 0 fully saturated rings. The van der Waals surface area contributed by atoms with Crippen LogP contribution in [-0.4, -0.2) is 60.1 Å². The Morgan fingerprint density at radius 3 is 2.56 bits per heavy atom. The second kappa shape index (κ2) is 12.9. The predicted octanol–water partition coefficient (Wildman–Crippen LogP) is 6.34. The Morgan fingerprint density at radius 1 is 1.21 bits per heavy atom.